The quantitative estimate of drug-likeness (QED) is 0.759. The van der Waals surface area contributed by atoms with E-state index in [1.54, 1.807) is 0 Å². The summed E-state index contributed by atoms with van der Waals surface area (Å²) in [6.45, 7) is 11.9. The molecule has 150 valence electrons. The van der Waals surface area contributed by atoms with E-state index in [2.05, 4.69) is 54.2 Å². The van der Waals surface area contributed by atoms with Gasteiger partial charge in [-0.3, -0.25) is 0 Å². The first-order valence-corrected chi connectivity index (χ1v) is 10.8. The van der Waals surface area contributed by atoms with E-state index in [9.17, 15) is 0 Å². The van der Waals surface area contributed by atoms with Gasteiger partial charge in [0.25, 0.3) is 0 Å². The molecule has 0 amide bonds. The summed E-state index contributed by atoms with van der Waals surface area (Å²) in [7, 11) is 0. The molecule has 2 saturated heterocycles. The van der Waals surface area contributed by atoms with Crippen LogP contribution in [0.15, 0.2) is 6.07 Å². The fraction of sp³-hybridized carbons (Fsp3) is 0.750. The Balaban J connectivity index is 1.88. The highest BCUT2D eigenvalue weighted by Gasteiger charge is 2.24. The van der Waals surface area contributed by atoms with Crippen LogP contribution in [0.3, 0.4) is 0 Å². The maximum Gasteiger partial charge on any atom is 0.232 e. The molecule has 0 spiro atoms. The number of anilines is 3. The van der Waals surface area contributed by atoms with Gasteiger partial charge in [-0.15, -0.1) is 0 Å². The van der Waals surface area contributed by atoms with E-state index < -0.39 is 0 Å². The Morgan fingerprint density at radius 2 is 1.89 bits per heavy atom. The van der Waals surface area contributed by atoms with Crippen molar-refractivity contribution in [1.82, 2.24) is 15.3 Å². The summed E-state index contributed by atoms with van der Waals surface area (Å²) in [6, 6.07) is 2.96. The number of rotatable bonds is 4. The van der Waals surface area contributed by atoms with Gasteiger partial charge < -0.3 is 20.4 Å². The van der Waals surface area contributed by atoms with Crippen molar-refractivity contribution in [2.24, 2.45) is 5.92 Å². The van der Waals surface area contributed by atoms with Gasteiger partial charge in [0.05, 0.1) is 0 Å². The molecule has 1 aromatic heterocycles. The predicted molar refractivity (Wildman–Crippen MR) is 118 cm³/mol. The third-order valence-electron chi connectivity index (χ3n) is 5.42. The first kappa shape index (κ1) is 20.1. The monoisotopic (exact) mass is 390 g/mol. The van der Waals surface area contributed by atoms with Gasteiger partial charge in [-0.05, 0) is 71.0 Å². The van der Waals surface area contributed by atoms with Crippen LogP contribution in [-0.2, 0) is 0 Å². The lowest BCUT2D eigenvalue weighted by atomic mass is 10.0. The maximum atomic E-state index is 5.42. The largest absolute Gasteiger partial charge is 0.360 e. The topological polar surface area (TPSA) is 56.3 Å². The first-order chi connectivity index (χ1) is 12.9. The Kier molecular flexibility index (Phi) is 6.73. The number of piperidine rings is 2. The first-order valence-electron chi connectivity index (χ1n) is 10.4. The van der Waals surface area contributed by atoms with Gasteiger partial charge in [0, 0.05) is 37.8 Å². The molecular weight excluding hydrogens is 356 g/mol. The van der Waals surface area contributed by atoms with Crippen molar-refractivity contribution in [3.05, 3.63) is 6.07 Å². The minimum absolute atomic E-state index is 0.276. The molecule has 27 heavy (non-hydrogen) atoms. The van der Waals surface area contributed by atoms with Crippen molar-refractivity contribution in [1.29, 1.82) is 0 Å². The van der Waals surface area contributed by atoms with Gasteiger partial charge in [-0.1, -0.05) is 6.92 Å². The molecular formula is C20H34N6S. The van der Waals surface area contributed by atoms with Crippen LogP contribution < -0.4 is 20.4 Å². The summed E-state index contributed by atoms with van der Waals surface area (Å²) < 4.78 is 0. The zero-order chi connectivity index (χ0) is 19.4. The number of thiocarbonyl (C=S) groups is 1. The standard InChI is InChI=1S/C20H34N6S/c1-14(2)21-20(27)24-19-22-17(25-10-7-8-15(3)13-25)12-18(23-19)26-11-6-5-9-16(26)4/h12,14-16H,5-11,13H2,1-4H3,(H2,21,22,23,24,27)/t15-,16+/m1/s1. The van der Waals surface area contributed by atoms with Crippen molar-refractivity contribution < 1.29 is 0 Å². The Hall–Kier alpha value is -1.63. The van der Waals surface area contributed by atoms with Crippen molar-refractivity contribution in [2.45, 2.75) is 71.9 Å². The molecule has 2 atom stereocenters. The Bertz CT molecular complexity index is 649. The van der Waals surface area contributed by atoms with Gasteiger partial charge in [-0.25, -0.2) is 0 Å². The normalized spacial score (nSPS) is 23.4. The number of nitrogens with one attached hydrogen (secondary N) is 2. The molecule has 3 rings (SSSR count). The van der Waals surface area contributed by atoms with E-state index >= 15 is 0 Å². The van der Waals surface area contributed by atoms with E-state index in [0.717, 1.165) is 31.3 Å². The number of nitrogens with zero attached hydrogens (tertiary/aromatic N) is 4. The molecule has 1 aromatic rings. The molecule has 2 aliphatic rings. The number of aromatic nitrogens is 2. The molecule has 0 aliphatic carbocycles. The average molecular weight is 391 g/mol. The highest BCUT2D eigenvalue weighted by molar-refractivity contribution is 7.80. The molecule has 2 N–H and O–H groups in total. The maximum absolute atomic E-state index is 5.42. The fourth-order valence-corrected chi connectivity index (χ4v) is 4.35. The smallest absolute Gasteiger partial charge is 0.232 e. The van der Waals surface area contributed by atoms with Gasteiger partial charge in [-0.2, -0.15) is 9.97 Å². The van der Waals surface area contributed by atoms with E-state index in [-0.39, 0.29) is 6.04 Å². The minimum atomic E-state index is 0.276. The van der Waals surface area contributed by atoms with Crippen molar-refractivity contribution in [3.8, 4) is 0 Å². The second-order valence-corrected chi connectivity index (χ2v) is 8.80. The summed E-state index contributed by atoms with van der Waals surface area (Å²) in [6.07, 6.45) is 6.26. The molecule has 0 aromatic carbocycles. The summed E-state index contributed by atoms with van der Waals surface area (Å²) >= 11 is 5.42. The summed E-state index contributed by atoms with van der Waals surface area (Å²) in [5.74, 6) is 3.32. The summed E-state index contributed by atoms with van der Waals surface area (Å²) in [5, 5.41) is 7.00. The van der Waals surface area contributed by atoms with Crippen LogP contribution in [0.25, 0.3) is 0 Å². The van der Waals surface area contributed by atoms with Crippen LogP contribution in [0.4, 0.5) is 17.6 Å². The molecule has 6 nitrogen and oxygen atoms in total. The van der Waals surface area contributed by atoms with Gasteiger partial charge in [0.2, 0.25) is 5.95 Å². The van der Waals surface area contributed by atoms with Crippen LogP contribution in [0.1, 0.15) is 59.8 Å². The molecule has 2 fully saturated rings. The van der Waals surface area contributed by atoms with Crippen LogP contribution in [0.5, 0.6) is 0 Å². The number of hydrogen-bond acceptors (Lipinski definition) is 5. The van der Waals surface area contributed by atoms with Gasteiger partial charge >= 0.3 is 0 Å². The molecule has 2 aliphatic heterocycles. The second kappa shape index (κ2) is 9.04. The Labute approximate surface area is 169 Å². The Morgan fingerprint density at radius 3 is 2.59 bits per heavy atom. The fourth-order valence-electron chi connectivity index (χ4n) is 4.02. The van der Waals surface area contributed by atoms with E-state index in [0.29, 0.717) is 23.0 Å². The SMILES string of the molecule is CC(C)NC(=S)Nc1nc(N2CCC[C@@H](C)C2)cc(N2CCCC[C@@H]2C)n1. The van der Waals surface area contributed by atoms with Crippen molar-refractivity contribution in [3.63, 3.8) is 0 Å². The zero-order valence-corrected chi connectivity index (χ0v) is 18.0. The number of hydrogen-bond donors (Lipinski definition) is 2. The van der Waals surface area contributed by atoms with E-state index in [1.807, 2.05) is 0 Å². The lowest BCUT2D eigenvalue weighted by Crippen LogP contribution is -2.39. The average Bonchev–Trinajstić information content (AvgIpc) is 2.61. The molecule has 0 radical (unpaired) electrons. The third-order valence-corrected chi connectivity index (χ3v) is 5.64. The van der Waals surface area contributed by atoms with Crippen LogP contribution in [0, 0.1) is 5.92 Å². The molecule has 7 heteroatoms. The van der Waals surface area contributed by atoms with Crippen LogP contribution >= 0.6 is 12.2 Å². The van der Waals surface area contributed by atoms with Crippen molar-refractivity contribution in [2.75, 3.05) is 34.8 Å². The third kappa shape index (κ3) is 5.43. The molecule has 3 heterocycles. The van der Waals surface area contributed by atoms with E-state index in [4.69, 9.17) is 22.2 Å². The summed E-state index contributed by atoms with van der Waals surface area (Å²) in [5.41, 5.74) is 0. The van der Waals surface area contributed by atoms with Crippen LogP contribution in [0.2, 0.25) is 0 Å². The van der Waals surface area contributed by atoms with Gasteiger partial charge in [0.15, 0.2) is 5.11 Å². The van der Waals surface area contributed by atoms with Crippen molar-refractivity contribution >= 4 is 34.9 Å². The minimum Gasteiger partial charge on any atom is -0.360 e. The predicted octanol–water partition coefficient (Wildman–Crippen LogP) is 3.79. The second-order valence-electron chi connectivity index (χ2n) is 8.39. The van der Waals surface area contributed by atoms with E-state index in [1.165, 1.54) is 32.1 Å². The highest BCUT2D eigenvalue weighted by atomic mass is 32.1. The lowest BCUT2D eigenvalue weighted by Gasteiger charge is -2.36. The lowest BCUT2D eigenvalue weighted by molar-refractivity contribution is 0.444. The molecule has 0 unspecified atom stereocenters. The summed E-state index contributed by atoms with van der Waals surface area (Å²) in [4.78, 5) is 14.4. The molecule has 0 bridgehead atoms. The highest BCUT2D eigenvalue weighted by Crippen LogP contribution is 2.29. The van der Waals surface area contributed by atoms with Crippen LogP contribution in [-0.4, -0.2) is 46.8 Å². The Morgan fingerprint density at radius 1 is 1.11 bits per heavy atom. The zero-order valence-electron chi connectivity index (χ0n) is 17.2. The van der Waals surface area contributed by atoms with Gasteiger partial charge in [0.1, 0.15) is 11.6 Å². The molecule has 0 saturated carbocycles.